The molecule has 1 aliphatic rings. The molecular formula is C10H11N3OS. The molecule has 1 N–H and O–H groups in total. The van der Waals surface area contributed by atoms with Crippen LogP contribution >= 0.6 is 11.3 Å². The smallest absolute Gasteiger partial charge is 0.240 e. The Morgan fingerprint density at radius 3 is 3.00 bits per heavy atom. The summed E-state index contributed by atoms with van der Waals surface area (Å²) in [6.45, 7) is 0.422. The molecule has 0 spiro atoms. The second-order valence-corrected chi connectivity index (χ2v) is 4.43. The van der Waals surface area contributed by atoms with E-state index in [2.05, 4.69) is 16.4 Å². The highest BCUT2D eigenvalue weighted by Gasteiger charge is 2.44. The highest BCUT2D eigenvalue weighted by Crippen LogP contribution is 2.40. The monoisotopic (exact) mass is 221 g/mol. The van der Waals surface area contributed by atoms with Crippen LogP contribution in [0, 0.1) is 16.7 Å². The lowest BCUT2D eigenvalue weighted by Crippen LogP contribution is -2.44. The van der Waals surface area contributed by atoms with Gasteiger partial charge in [0.05, 0.1) is 23.8 Å². The van der Waals surface area contributed by atoms with Gasteiger partial charge in [-0.25, -0.2) is 4.98 Å². The number of hydrogen-bond donors (Lipinski definition) is 1. The zero-order chi connectivity index (χ0) is 10.7. The third-order valence-electron chi connectivity index (χ3n) is 2.77. The first-order valence-electron chi connectivity index (χ1n) is 4.83. The first-order chi connectivity index (χ1) is 7.27. The van der Waals surface area contributed by atoms with E-state index in [0.717, 1.165) is 12.1 Å². The molecule has 5 heteroatoms. The van der Waals surface area contributed by atoms with Gasteiger partial charge in [-0.15, -0.1) is 11.3 Å². The molecule has 1 aromatic rings. The van der Waals surface area contributed by atoms with E-state index in [1.165, 1.54) is 11.3 Å². The third-order valence-corrected chi connectivity index (χ3v) is 3.40. The van der Waals surface area contributed by atoms with Crippen molar-refractivity contribution in [2.24, 2.45) is 5.41 Å². The minimum Gasteiger partial charge on any atom is -0.349 e. The molecule has 1 amide bonds. The van der Waals surface area contributed by atoms with Crippen molar-refractivity contribution in [1.82, 2.24) is 10.3 Å². The van der Waals surface area contributed by atoms with Crippen LogP contribution in [0.5, 0.6) is 0 Å². The molecule has 1 aromatic heterocycles. The number of nitrogens with zero attached hydrogens (tertiary/aromatic N) is 2. The zero-order valence-corrected chi connectivity index (χ0v) is 9.01. The van der Waals surface area contributed by atoms with Crippen molar-refractivity contribution in [3.63, 3.8) is 0 Å². The normalized spacial score (nSPS) is 17.5. The Labute approximate surface area is 91.9 Å². The molecule has 0 saturated heterocycles. The number of carbonyl (C=O) groups excluding carboxylic acids is 1. The van der Waals surface area contributed by atoms with E-state index in [-0.39, 0.29) is 5.91 Å². The Morgan fingerprint density at radius 2 is 2.53 bits per heavy atom. The van der Waals surface area contributed by atoms with Crippen molar-refractivity contribution in [2.75, 3.05) is 0 Å². The minimum atomic E-state index is -0.754. The Hall–Kier alpha value is -1.41. The number of nitrogens with one attached hydrogen (secondary N) is 1. The fourth-order valence-corrected chi connectivity index (χ4v) is 2.14. The van der Waals surface area contributed by atoms with Gasteiger partial charge in [-0.1, -0.05) is 0 Å². The Balaban J connectivity index is 1.90. The van der Waals surface area contributed by atoms with E-state index >= 15 is 0 Å². The van der Waals surface area contributed by atoms with Crippen molar-refractivity contribution in [2.45, 2.75) is 25.8 Å². The first kappa shape index (κ1) is 10.1. The van der Waals surface area contributed by atoms with Crippen LogP contribution in [0.3, 0.4) is 0 Å². The van der Waals surface area contributed by atoms with Gasteiger partial charge in [0.1, 0.15) is 5.41 Å². The van der Waals surface area contributed by atoms with Crippen molar-refractivity contribution in [3.8, 4) is 6.07 Å². The molecule has 4 nitrogen and oxygen atoms in total. The molecule has 1 aliphatic carbocycles. The molecule has 78 valence electrons. The van der Waals surface area contributed by atoms with Crippen molar-refractivity contribution in [1.29, 1.82) is 5.26 Å². The van der Waals surface area contributed by atoms with Gasteiger partial charge in [0, 0.05) is 5.38 Å². The summed E-state index contributed by atoms with van der Waals surface area (Å²) < 4.78 is 0. The molecule has 0 aromatic carbocycles. The lowest BCUT2D eigenvalue weighted by molar-refractivity contribution is -0.131. The quantitative estimate of drug-likeness (QED) is 0.840. The van der Waals surface area contributed by atoms with E-state index in [9.17, 15) is 4.79 Å². The number of thiazole rings is 1. The third kappa shape index (κ3) is 1.85. The van der Waals surface area contributed by atoms with Crippen LogP contribution in [-0.2, 0) is 11.3 Å². The van der Waals surface area contributed by atoms with Crippen LogP contribution in [0.15, 0.2) is 10.9 Å². The van der Waals surface area contributed by atoms with Crippen LogP contribution in [0.2, 0.25) is 0 Å². The van der Waals surface area contributed by atoms with E-state index in [1.807, 2.05) is 5.38 Å². The summed E-state index contributed by atoms with van der Waals surface area (Å²) >= 11 is 1.50. The van der Waals surface area contributed by atoms with Crippen LogP contribution < -0.4 is 5.32 Å². The zero-order valence-electron chi connectivity index (χ0n) is 8.19. The molecule has 0 unspecified atom stereocenters. The molecule has 2 rings (SSSR count). The number of amides is 1. The average Bonchev–Trinajstić information content (AvgIpc) is 2.66. The number of carbonyl (C=O) groups is 1. The van der Waals surface area contributed by atoms with Gasteiger partial charge in [0.25, 0.3) is 0 Å². The van der Waals surface area contributed by atoms with Crippen molar-refractivity contribution in [3.05, 3.63) is 16.6 Å². The standard InChI is InChI=1S/C10H11N3OS/c11-6-10(2-1-3-10)9(14)12-4-8-5-15-7-13-8/h5,7H,1-4H2,(H,12,14). The van der Waals surface area contributed by atoms with Crippen LogP contribution in [0.1, 0.15) is 25.0 Å². The minimum absolute atomic E-state index is 0.149. The van der Waals surface area contributed by atoms with Crippen molar-refractivity contribution >= 4 is 17.2 Å². The van der Waals surface area contributed by atoms with Gasteiger partial charge in [-0.05, 0) is 19.3 Å². The van der Waals surface area contributed by atoms with Crippen LogP contribution in [0.4, 0.5) is 0 Å². The molecule has 0 radical (unpaired) electrons. The van der Waals surface area contributed by atoms with Crippen LogP contribution in [0.25, 0.3) is 0 Å². The molecule has 0 bridgehead atoms. The predicted octanol–water partition coefficient (Wildman–Crippen LogP) is 1.45. The maximum atomic E-state index is 11.7. The van der Waals surface area contributed by atoms with E-state index < -0.39 is 5.41 Å². The van der Waals surface area contributed by atoms with Gasteiger partial charge < -0.3 is 5.32 Å². The highest BCUT2D eigenvalue weighted by molar-refractivity contribution is 7.07. The largest absolute Gasteiger partial charge is 0.349 e. The lowest BCUT2D eigenvalue weighted by Gasteiger charge is -2.33. The summed E-state index contributed by atoms with van der Waals surface area (Å²) in [7, 11) is 0. The molecule has 1 heterocycles. The Kier molecular flexibility index (Phi) is 2.69. The van der Waals surface area contributed by atoms with E-state index in [0.29, 0.717) is 19.4 Å². The van der Waals surface area contributed by atoms with Gasteiger partial charge >= 0.3 is 0 Å². The summed E-state index contributed by atoms with van der Waals surface area (Å²) in [5, 5.41) is 13.6. The maximum Gasteiger partial charge on any atom is 0.240 e. The number of hydrogen-bond acceptors (Lipinski definition) is 4. The lowest BCUT2D eigenvalue weighted by atomic mass is 9.69. The number of rotatable bonds is 3. The predicted molar refractivity (Wildman–Crippen MR) is 55.9 cm³/mol. The summed E-state index contributed by atoms with van der Waals surface area (Å²) in [6.07, 6.45) is 2.34. The fraction of sp³-hybridized carbons (Fsp3) is 0.500. The summed E-state index contributed by atoms with van der Waals surface area (Å²) in [5.74, 6) is -0.149. The van der Waals surface area contributed by atoms with E-state index in [1.54, 1.807) is 5.51 Å². The Bertz CT molecular complexity index is 389. The van der Waals surface area contributed by atoms with Crippen LogP contribution in [-0.4, -0.2) is 10.9 Å². The van der Waals surface area contributed by atoms with Crippen molar-refractivity contribution < 1.29 is 4.79 Å². The Morgan fingerprint density at radius 1 is 1.73 bits per heavy atom. The maximum absolute atomic E-state index is 11.7. The second kappa shape index (κ2) is 3.99. The second-order valence-electron chi connectivity index (χ2n) is 3.71. The molecular weight excluding hydrogens is 210 g/mol. The molecule has 15 heavy (non-hydrogen) atoms. The van der Waals surface area contributed by atoms with Gasteiger partial charge in [-0.3, -0.25) is 4.79 Å². The summed E-state index contributed by atoms with van der Waals surface area (Å²) in [5.41, 5.74) is 1.82. The molecule has 1 fully saturated rings. The van der Waals surface area contributed by atoms with Gasteiger partial charge in [-0.2, -0.15) is 5.26 Å². The van der Waals surface area contributed by atoms with Gasteiger partial charge in [0.2, 0.25) is 5.91 Å². The number of aromatic nitrogens is 1. The topological polar surface area (TPSA) is 65.8 Å². The molecule has 1 saturated carbocycles. The summed E-state index contributed by atoms with van der Waals surface area (Å²) in [4.78, 5) is 15.8. The fourth-order valence-electron chi connectivity index (χ4n) is 1.58. The summed E-state index contributed by atoms with van der Waals surface area (Å²) in [6, 6.07) is 2.11. The molecule has 0 aliphatic heterocycles. The number of nitriles is 1. The SMILES string of the molecule is N#CC1(C(=O)NCc2cscn2)CCC1. The highest BCUT2D eigenvalue weighted by atomic mass is 32.1. The molecule has 0 atom stereocenters. The van der Waals surface area contributed by atoms with Gasteiger partial charge in [0.15, 0.2) is 0 Å². The van der Waals surface area contributed by atoms with E-state index in [4.69, 9.17) is 5.26 Å². The first-order valence-corrected chi connectivity index (χ1v) is 5.78. The average molecular weight is 221 g/mol.